The van der Waals surface area contributed by atoms with E-state index in [1.165, 1.54) is 12.1 Å². The topological polar surface area (TPSA) is 88.2 Å². The second-order valence-corrected chi connectivity index (χ2v) is 12.8. The molecule has 2 aliphatic rings. The van der Waals surface area contributed by atoms with Gasteiger partial charge in [-0.1, -0.05) is 60.2 Å². The molecule has 0 aliphatic carbocycles. The number of carbonyl (C=O) groups is 1. The van der Waals surface area contributed by atoms with Gasteiger partial charge >= 0.3 is 6.61 Å². The van der Waals surface area contributed by atoms with Crippen LogP contribution in [-0.4, -0.2) is 74.6 Å². The van der Waals surface area contributed by atoms with Gasteiger partial charge in [-0.05, 0) is 56.0 Å². The third-order valence-electron chi connectivity index (χ3n) is 7.89. The summed E-state index contributed by atoms with van der Waals surface area (Å²) in [6, 6.07) is 22.4. The van der Waals surface area contributed by atoms with Crippen molar-refractivity contribution in [3.63, 3.8) is 0 Å². The zero-order valence-electron chi connectivity index (χ0n) is 23.4. The number of para-hydroxylation sites is 2. The molecule has 0 saturated carbocycles. The molecule has 0 unspecified atom stereocenters. The fourth-order valence-electron chi connectivity index (χ4n) is 5.57. The summed E-state index contributed by atoms with van der Waals surface area (Å²) in [7, 11) is -3.79. The highest BCUT2D eigenvalue weighted by Crippen LogP contribution is 2.36. The van der Waals surface area contributed by atoms with Crippen LogP contribution >= 0.6 is 0 Å². The molecule has 1 amide bonds. The number of piperidine rings is 1. The Morgan fingerprint density at radius 1 is 1.02 bits per heavy atom. The van der Waals surface area contributed by atoms with E-state index in [0.29, 0.717) is 32.4 Å². The van der Waals surface area contributed by atoms with Gasteiger partial charge in [-0.15, -0.1) is 0 Å². The number of amides is 1. The van der Waals surface area contributed by atoms with E-state index in [-0.39, 0.29) is 48.0 Å². The van der Waals surface area contributed by atoms with Crippen molar-refractivity contribution in [3.05, 3.63) is 90.0 Å². The Hall–Kier alpha value is -3.38. The lowest BCUT2D eigenvalue weighted by Crippen LogP contribution is -2.62. The lowest BCUT2D eigenvalue weighted by molar-refractivity contribution is -0.139. The quantitative estimate of drug-likeness (QED) is 0.384. The molecule has 11 heteroatoms. The minimum absolute atomic E-state index is 0.0567. The fraction of sp³-hybridized carbons (Fsp3) is 0.387. The summed E-state index contributed by atoms with van der Waals surface area (Å²) in [6.07, 6.45) is 1.62. The molecule has 3 aromatic rings. The number of benzene rings is 3. The third kappa shape index (κ3) is 7.15. The average Bonchev–Trinajstić information content (AvgIpc) is 2.97. The predicted molar refractivity (Wildman–Crippen MR) is 155 cm³/mol. The maximum Gasteiger partial charge on any atom is 0.387 e. The van der Waals surface area contributed by atoms with E-state index in [4.69, 9.17) is 4.74 Å². The largest absolute Gasteiger partial charge is 0.433 e. The van der Waals surface area contributed by atoms with Gasteiger partial charge in [0.15, 0.2) is 0 Å². The van der Waals surface area contributed by atoms with E-state index in [2.05, 4.69) is 10.1 Å². The maximum atomic E-state index is 14.0. The Morgan fingerprint density at radius 3 is 2.38 bits per heavy atom. The number of rotatable bonds is 9. The van der Waals surface area contributed by atoms with Crippen molar-refractivity contribution in [2.75, 3.05) is 38.1 Å². The summed E-state index contributed by atoms with van der Waals surface area (Å²) in [5.41, 5.74) is 1.52. The smallest absolute Gasteiger partial charge is 0.387 e. The van der Waals surface area contributed by atoms with Gasteiger partial charge in [0.25, 0.3) is 0 Å². The number of nitrogens with one attached hydrogen (secondary N) is 1. The van der Waals surface area contributed by atoms with E-state index in [0.717, 1.165) is 11.1 Å². The van der Waals surface area contributed by atoms with Crippen molar-refractivity contribution in [1.29, 1.82) is 0 Å². The minimum Gasteiger partial charge on any atom is -0.433 e. The molecule has 42 heavy (non-hydrogen) atoms. The first-order chi connectivity index (χ1) is 20.1. The maximum absolute atomic E-state index is 14.0. The number of morpholine rings is 1. The first-order valence-corrected chi connectivity index (χ1v) is 15.4. The van der Waals surface area contributed by atoms with E-state index >= 15 is 0 Å². The van der Waals surface area contributed by atoms with E-state index in [1.54, 1.807) is 40.7 Å². The SMILES string of the molecule is Cc1ccc(S(=O)(=O)N2CC3(CCN(CC(=O)Nc4ccccc4OC(F)F)CC3)OC[C@H]2Cc2ccccc2)cc1. The van der Waals surface area contributed by atoms with Gasteiger partial charge in [-0.2, -0.15) is 13.1 Å². The molecule has 1 spiro atoms. The fourth-order valence-corrected chi connectivity index (χ4v) is 7.26. The first-order valence-electron chi connectivity index (χ1n) is 14.0. The van der Waals surface area contributed by atoms with Gasteiger partial charge in [0.2, 0.25) is 15.9 Å². The van der Waals surface area contributed by atoms with Gasteiger partial charge in [0.05, 0.1) is 35.4 Å². The normalized spacial score (nSPS) is 19.6. The highest BCUT2D eigenvalue weighted by atomic mass is 32.2. The Kier molecular flexibility index (Phi) is 9.22. The number of alkyl halides is 2. The molecule has 0 radical (unpaired) electrons. The van der Waals surface area contributed by atoms with E-state index in [1.807, 2.05) is 42.2 Å². The monoisotopic (exact) mass is 599 g/mol. The Balaban J connectivity index is 1.26. The number of aryl methyl sites for hydroxylation is 1. The second kappa shape index (κ2) is 12.9. The van der Waals surface area contributed by atoms with Crippen LogP contribution in [-0.2, 0) is 26.0 Å². The van der Waals surface area contributed by atoms with Crippen LogP contribution in [0.2, 0.25) is 0 Å². The number of sulfonamides is 1. The van der Waals surface area contributed by atoms with Crippen molar-refractivity contribution in [2.24, 2.45) is 0 Å². The summed E-state index contributed by atoms with van der Waals surface area (Å²) >= 11 is 0. The third-order valence-corrected chi connectivity index (χ3v) is 9.80. The molecule has 224 valence electrons. The average molecular weight is 600 g/mol. The minimum atomic E-state index is -3.79. The van der Waals surface area contributed by atoms with Crippen molar-refractivity contribution in [2.45, 2.75) is 49.3 Å². The molecule has 2 aliphatic heterocycles. The Morgan fingerprint density at radius 2 is 1.69 bits per heavy atom. The van der Waals surface area contributed by atoms with Gasteiger partial charge in [0.1, 0.15) is 5.75 Å². The van der Waals surface area contributed by atoms with Crippen LogP contribution in [0.3, 0.4) is 0 Å². The molecule has 0 aromatic heterocycles. The van der Waals surface area contributed by atoms with Crippen molar-refractivity contribution in [1.82, 2.24) is 9.21 Å². The van der Waals surface area contributed by atoms with Crippen molar-refractivity contribution >= 4 is 21.6 Å². The van der Waals surface area contributed by atoms with Crippen molar-refractivity contribution < 1.29 is 31.5 Å². The molecule has 0 bridgehead atoms. The zero-order chi connectivity index (χ0) is 29.7. The lowest BCUT2D eigenvalue weighted by atomic mass is 9.88. The molecule has 2 heterocycles. The molecule has 1 atom stereocenters. The van der Waals surface area contributed by atoms with Crippen LogP contribution in [0, 0.1) is 6.92 Å². The van der Waals surface area contributed by atoms with Gasteiger partial charge in [-0.25, -0.2) is 8.42 Å². The van der Waals surface area contributed by atoms with E-state index < -0.39 is 22.2 Å². The molecular formula is C31H35F2N3O5S. The molecule has 3 aromatic carbocycles. The summed E-state index contributed by atoms with van der Waals surface area (Å²) in [5, 5.41) is 2.65. The number of likely N-dealkylation sites (tertiary alicyclic amines) is 1. The zero-order valence-corrected chi connectivity index (χ0v) is 24.2. The number of carbonyl (C=O) groups excluding carboxylic acids is 1. The summed E-state index contributed by atoms with van der Waals surface area (Å²) < 4.78 is 65.9. The molecule has 1 N–H and O–H groups in total. The summed E-state index contributed by atoms with van der Waals surface area (Å²) in [5.74, 6) is -0.457. The van der Waals surface area contributed by atoms with Crippen LogP contribution in [0.1, 0.15) is 24.0 Å². The van der Waals surface area contributed by atoms with Crippen LogP contribution in [0.4, 0.5) is 14.5 Å². The van der Waals surface area contributed by atoms with E-state index in [9.17, 15) is 22.0 Å². The number of anilines is 1. The van der Waals surface area contributed by atoms with Gasteiger partial charge < -0.3 is 14.8 Å². The van der Waals surface area contributed by atoms with Gasteiger partial charge in [-0.3, -0.25) is 9.69 Å². The Bertz CT molecular complexity index is 1460. The second-order valence-electron chi connectivity index (χ2n) is 10.9. The number of ether oxygens (including phenoxy) is 2. The van der Waals surface area contributed by atoms with Crippen LogP contribution in [0.15, 0.2) is 83.8 Å². The molecule has 2 fully saturated rings. The molecule has 5 rings (SSSR count). The highest BCUT2D eigenvalue weighted by Gasteiger charge is 2.47. The lowest BCUT2D eigenvalue weighted by Gasteiger charge is -2.49. The number of nitrogens with zero attached hydrogens (tertiary/aromatic N) is 2. The van der Waals surface area contributed by atoms with Crippen LogP contribution in [0.5, 0.6) is 5.75 Å². The molecular weight excluding hydrogens is 564 g/mol. The summed E-state index contributed by atoms with van der Waals surface area (Å²) in [4.78, 5) is 15.0. The standard InChI is InChI=1S/C31H35F2N3O5S/c1-23-11-13-26(14-12-23)42(38,39)36-22-31(40-21-25(36)19-24-7-3-2-4-8-24)15-17-35(18-16-31)20-29(37)34-27-9-5-6-10-28(27)41-30(32)33/h2-14,25,30H,15-22H2,1H3,(H,34,37)/t25-/m1/s1. The highest BCUT2D eigenvalue weighted by molar-refractivity contribution is 7.89. The van der Waals surface area contributed by atoms with Crippen LogP contribution < -0.4 is 10.1 Å². The predicted octanol–water partition coefficient (Wildman–Crippen LogP) is 4.70. The first kappa shape index (κ1) is 30.1. The summed E-state index contributed by atoms with van der Waals surface area (Å²) in [6.45, 7) is 0.497. The van der Waals surface area contributed by atoms with Crippen LogP contribution in [0.25, 0.3) is 0 Å². The Labute approximate surface area is 245 Å². The number of hydrogen-bond donors (Lipinski definition) is 1. The molecule has 2 saturated heterocycles. The van der Waals surface area contributed by atoms with Crippen molar-refractivity contribution in [3.8, 4) is 5.75 Å². The van der Waals surface area contributed by atoms with Gasteiger partial charge in [0, 0.05) is 19.6 Å². The number of halogens is 2. The molecule has 8 nitrogen and oxygen atoms in total. The number of hydrogen-bond acceptors (Lipinski definition) is 6.